The third-order valence-corrected chi connectivity index (χ3v) is 4.75. The Morgan fingerprint density at radius 1 is 1.03 bits per heavy atom. The molecule has 2 aromatic carbocycles. The first-order chi connectivity index (χ1) is 14.0. The molecule has 8 nitrogen and oxygen atoms in total. The number of esters is 1. The van der Waals surface area contributed by atoms with Crippen molar-refractivity contribution in [1.29, 1.82) is 0 Å². The molecule has 0 spiro atoms. The number of methoxy groups -OCH3 is 3. The second kappa shape index (κ2) is 8.64. The number of carbonyl (C=O) groups excluding carboxylic acids is 3. The van der Waals surface area contributed by atoms with Crippen molar-refractivity contribution in [3.05, 3.63) is 48.0 Å². The lowest BCUT2D eigenvalue weighted by Gasteiger charge is -2.19. The lowest BCUT2D eigenvalue weighted by molar-refractivity contribution is -0.122. The average Bonchev–Trinajstić information content (AvgIpc) is 3.14. The molecule has 1 fully saturated rings. The number of hydrogen-bond acceptors (Lipinski definition) is 6. The van der Waals surface area contributed by atoms with Crippen molar-refractivity contribution in [2.24, 2.45) is 5.92 Å². The molecular weight excluding hydrogens is 376 g/mol. The van der Waals surface area contributed by atoms with Crippen LogP contribution in [0.4, 0.5) is 11.4 Å². The van der Waals surface area contributed by atoms with E-state index in [0.29, 0.717) is 22.9 Å². The molecule has 1 aliphatic rings. The molecule has 1 aliphatic heterocycles. The second-order valence-corrected chi connectivity index (χ2v) is 6.47. The molecule has 3 rings (SSSR count). The first-order valence-corrected chi connectivity index (χ1v) is 8.99. The van der Waals surface area contributed by atoms with Crippen LogP contribution in [-0.2, 0) is 14.3 Å². The van der Waals surface area contributed by atoms with Crippen molar-refractivity contribution in [3.8, 4) is 11.5 Å². The molecular formula is C21H22N2O6. The number of ether oxygens (including phenoxy) is 3. The molecule has 152 valence electrons. The van der Waals surface area contributed by atoms with Gasteiger partial charge in [0, 0.05) is 24.7 Å². The summed E-state index contributed by atoms with van der Waals surface area (Å²) in [5.41, 5.74) is 1.25. The van der Waals surface area contributed by atoms with Crippen molar-refractivity contribution in [2.45, 2.75) is 6.42 Å². The minimum absolute atomic E-state index is 0.0502. The van der Waals surface area contributed by atoms with Gasteiger partial charge in [0.05, 0.1) is 38.5 Å². The summed E-state index contributed by atoms with van der Waals surface area (Å²) in [6, 6.07) is 11.7. The van der Waals surface area contributed by atoms with Gasteiger partial charge in [-0.25, -0.2) is 4.79 Å². The third kappa shape index (κ3) is 4.16. The Morgan fingerprint density at radius 3 is 2.45 bits per heavy atom. The Kier molecular flexibility index (Phi) is 6.01. The molecule has 29 heavy (non-hydrogen) atoms. The maximum Gasteiger partial charge on any atom is 0.339 e. The van der Waals surface area contributed by atoms with E-state index in [0.717, 1.165) is 0 Å². The van der Waals surface area contributed by atoms with Gasteiger partial charge in [-0.05, 0) is 24.3 Å². The summed E-state index contributed by atoms with van der Waals surface area (Å²) in [7, 11) is 4.32. The molecule has 0 aromatic heterocycles. The van der Waals surface area contributed by atoms with Crippen LogP contribution in [-0.4, -0.2) is 45.7 Å². The molecule has 1 heterocycles. The van der Waals surface area contributed by atoms with E-state index in [4.69, 9.17) is 14.2 Å². The number of para-hydroxylation sites is 1. The highest BCUT2D eigenvalue weighted by Gasteiger charge is 2.36. The summed E-state index contributed by atoms with van der Waals surface area (Å²) in [6.07, 6.45) is 0.0502. The predicted octanol–water partition coefficient (Wildman–Crippen LogP) is 2.48. The summed E-state index contributed by atoms with van der Waals surface area (Å²) in [5, 5.41) is 2.81. The molecule has 1 unspecified atom stereocenters. The minimum atomic E-state index is -0.554. The van der Waals surface area contributed by atoms with E-state index in [-0.39, 0.29) is 30.3 Å². The van der Waals surface area contributed by atoms with Crippen LogP contribution >= 0.6 is 0 Å². The highest BCUT2D eigenvalue weighted by atomic mass is 16.5. The van der Waals surface area contributed by atoms with Crippen LogP contribution in [0.1, 0.15) is 16.8 Å². The maximum atomic E-state index is 12.7. The predicted molar refractivity (Wildman–Crippen MR) is 106 cm³/mol. The highest BCUT2D eigenvalue weighted by Crippen LogP contribution is 2.32. The number of amides is 2. The van der Waals surface area contributed by atoms with Gasteiger partial charge in [-0.1, -0.05) is 12.1 Å². The molecule has 1 atom stereocenters. The van der Waals surface area contributed by atoms with Gasteiger partial charge in [0.1, 0.15) is 0 Å². The van der Waals surface area contributed by atoms with E-state index >= 15 is 0 Å². The van der Waals surface area contributed by atoms with Crippen LogP contribution in [0.15, 0.2) is 42.5 Å². The Morgan fingerprint density at radius 2 is 1.76 bits per heavy atom. The smallest absolute Gasteiger partial charge is 0.339 e. The van der Waals surface area contributed by atoms with Crippen molar-refractivity contribution < 1.29 is 28.6 Å². The monoisotopic (exact) mass is 398 g/mol. The molecule has 2 aromatic rings. The number of anilines is 2. The van der Waals surface area contributed by atoms with Gasteiger partial charge in [0.15, 0.2) is 11.5 Å². The highest BCUT2D eigenvalue weighted by molar-refractivity contribution is 6.07. The minimum Gasteiger partial charge on any atom is -0.493 e. The number of rotatable bonds is 6. The Labute approximate surface area is 168 Å². The fourth-order valence-corrected chi connectivity index (χ4v) is 3.27. The van der Waals surface area contributed by atoms with Gasteiger partial charge in [0.25, 0.3) is 0 Å². The van der Waals surface area contributed by atoms with Crippen LogP contribution < -0.4 is 19.7 Å². The zero-order valence-corrected chi connectivity index (χ0v) is 16.4. The molecule has 0 bridgehead atoms. The van der Waals surface area contributed by atoms with Crippen molar-refractivity contribution in [1.82, 2.24) is 0 Å². The molecule has 0 saturated carbocycles. The van der Waals surface area contributed by atoms with Crippen molar-refractivity contribution >= 4 is 29.2 Å². The first kappa shape index (κ1) is 20.2. The Balaban J connectivity index is 1.76. The van der Waals surface area contributed by atoms with Crippen molar-refractivity contribution in [2.75, 3.05) is 38.1 Å². The number of carbonyl (C=O) groups is 3. The standard InChI is InChI=1S/C21H22N2O6/c1-27-17-9-8-14(11-18(17)28-2)22-20(25)13-10-19(24)23(12-13)16-7-5-4-6-15(16)21(26)29-3/h4-9,11,13H,10,12H2,1-3H3,(H,22,25). The molecule has 2 amide bonds. The Hall–Kier alpha value is -3.55. The van der Waals surface area contributed by atoms with Gasteiger partial charge < -0.3 is 24.4 Å². The summed E-state index contributed by atoms with van der Waals surface area (Å²) >= 11 is 0. The zero-order chi connectivity index (χ0) is 21.0. The molecule has 8 heteroatoms. The molecule has 0 radical (unpaired) electrons. The first-order valence-electron chi connectivity index (χ1n) is 8.99. The van der Waals surface area contributed by atoms with E-state index in [1.165, 1.54) is 26.2 Å². The van der Waals surface area contributed by atoms with Gasteiger partial charge in [-0.2, -0.15) is 0 Å². The van der Waals surface area contributed by atoms with Crippen LogP contribution in [0.3, 0.4) is 0 Å². The van der Waals surface area contributed by atoms with E-state index in [9.17, 15) is 14.4 Å². The van der Waals surface area contributed by atoms with Crippen LogP contribution in [0.5, 0.6) is 11.5 Å². The molecule has 0 aliphatic carbocycles. The lowest BCUT2D eigenvalue weighted by atomic mass is 10.1. The van der Waals surface area contributed by atoms with Gasteiger partial charge >= 0.3 is 5.97 Å². The van der Waals surface area contributed by atoms with Crippen LogP contribution in [0.25, 0.3) is 0 Å². The normalized spacial score (nSPS) is 15.8. The van der Waals surface area contributed by atoms with Crippen LogP contribution in [0, 0.1) is 5.92 Å². The van der Waals surface area contributed by atoms with Crippen molar-refractivity contribution in [3.63, 3.8) is 0 Å². The van der Waals surface area contributed by atoms with E-state index in [2.05, 4.69) is 5.32 Å². The van der Waals surface area contributed by atoms with E-state index < -0.39 is 11.9 Å². The van der Waals surface area contributed by atoms with Gasteiger partial charge in [-0.3, -0.25) is 9.59 Å². The van der Waals surface area contributed by atoms with E-state index in [1.807, 2.05) is 0 Å². The molecule has 1 saturated heterocycles. The summed E-state index contributed by atoms with van der Waals surface area (Å²) in [5.74, 6) is -0.570. The SMILES string of the molecule is COC(=O)c1ccccc1N1CC(C(=O)Nc2ccc(OC)c(OC)c2)CC1=O. The zero-order valence-electron chi connectivity index (χ0n) is 16.4. The average molecular weight is 398 g/mol. The third-order valence-electron chi connectivity index (χ3n) is 4.75. The largest absolute Gasteiger partial charge is 0.493 e. The number of nitrogens with one attached hydrogen (secondary N) is 1. The fraction of sp³-hybridized carbons (Fsp3) is 0.286. The van der Waals surface area contributed by atoms with Gasteiger partial charge in [0.2, 0.25) is 11.8 Å². The Bertz CT molecular complexity index is 943. The second-order valence-electron chi connectivity index (χ2n) is 6.47. The maximum absolute atomic E-state index is 12.7. The summed E-state index contributed by atoms with van der Waals surface area (Å²) in [6.45, 7) is 0.173. The molecule has 1 N–H and O–H groups in total. The van der Waals surface area contributed by atoms with Gasteiger partial charge in [-0.15, -0.1) is 0 Å². The fourth-order valence-electron chi connectivity index (χ4n) is 3.27. The number of benzene rings is 2. The lowest BCUT2D eigenvalue weighted by Crippen LogP contribution is -2.29. The van der Waals surface area contributed by atoms with E-state index in [1.54, 1.807) is 42.5 Å². The summed E-state index contributed by atoms with van der Waals surface area (Å²) in [4.78, 5) is 38.7. The number of nitrogens with zero attached hydrogens (tertiary/aromatic N) is 1. The quantitative estimate of drug-likeness (QED) is 0.752. The number of hydrogen-bond donors (Lipinski definition) is 1. The topological polar surface area (TPSA) is 94.2 Å². The summed E-state index contributed by atoms with van der Waals surface area (Å²) < 4.78 is 15.2. The van der Waals surface area contributed by atoms with Crippen LogP contribution in [0.2, 0.25) is 0 Å².